The molecule has 0 spiro atoms. The van der Waals surface area contributed by atoms with E-state index in [0.717, 1.165) is 34.6 Å². The Labute approximate surface area is 163 Å². The van der Waals surface area contributed by atoms with Gasteiger partial charge in [-0.15, -0.1) is 0 Å². The van der Waals surface area contributed by atoms with E-state index in [1.165, 1.54) is 0 Å². The number of rotatable bonds is 5. The molecule has 0 saturated carbocycles. The molecule has 29 heavy (non-hydrogen) atoms. The minimum absolute atomic E-state index is 0.0198. The van der Waals surface area contributed by atoms with E-state index in [-0.39, 0.29) is 31.9 Å². The second-order valence-corrected chi connectivity index (χ2v) is 7.83. The molecule has 0 unspecified atom stereocenters. The predicted octanol–water partition coefficient (Wildman–Crippen LogP) is 2.11. The number of morpholine rings is 1. The van der Waals surface area contributed by atoms with Gasteiger partial charge in [0.25, 0.3) is 0 Å². The molecule has 0 bridgehead atoms. The number of hydrogen-bond donors (Lipinski definition) is 0. The average Bonchev–Trinajstić information content (AvgIpc) is 2.68. The summed E-state index contributed by atoms with van der Waals surface area (Å²) in [5.74, 6) is -3.84. The average molecular weight is 428 g/mol. The molecule has 154 valence electrons. The molecular weight excluding hydrogens is 414 g/mol. The zero-order valence-corrected chi connectivity index (χ0v) is 15.5. The van der Waals surface area contributed by atoms with Gasteiger partial charge >= 0.3 is 11.7 Å². The van der Waals surface area contributed by atoms with Crippen LogP contribution in [0.5, 0.6) is 5.75 Å². The third kappa shape index (κ3) is 4.39. The number of nitrogens with zero attached hydrogens (tertiary/aromatic N) is 2. The highest BCUT2D eigenvalue weighted by Gasteiger charge is 2.30. The molecule has 0 aliphatic carbocycles. The van der Waals surface area contributed by atoms with Gasteiger partial charge in [0, 0.05) is 25.2 Å². The van der Waals surface area contributed by atoms with Gasteiger partial charge in [0.15, 0.2) is 0 Å². The van der Waals surface area contributed by atoms with Gasteiger partial charge in [0.2, 0.25) is 15.8 Å². The van der Waals surface area contributed by atoms with Crippen LogP contribution in [0.15, 0.2) is 41.3 Å². The largest absolute Gasteiger partial charge is 0.415 e. The third-order valence-corrected chi connectivity index (χ3v) is 5.99. The number of benzene rings is 2. The number of carbonyl (C=O) groups is 1. The predicted molar refractivity (Wildman–Crippen MR) is 94.0 cm³/mol. The lowest BCUT2D eigenvalue weighted by Gasteiger charge is -2.26. The Kier molecular flexibility index (Phi) is 5.86. The zero-order valence-electron chi connectivity index (χ0n) is 14.7. The van der Waals surface area contributed by atoms with Crippen LogP contribution in [0.4, 0.5) is 14.5 Å². The Bertz CT molecular complexity index is 1070. The van der Waals surface area contributed by atoms with Crippen molar-refractivity contribution >= 4 is 21.7 Å². The second-order valence-electron chi connectivity index (χ2n) is 5.92. The molecule has 0 radical (unpaired) electrons. The van der Waals surface area contributed by atoms with Crippen LogP contribution in [0.3, 0.4) is 0 Å². The Hall–Kier alpha value is -2.96. The summed E-state index contributed by atoms with van der Waals surface area (Å²) in [6.07, 6.45) is 0. The van der Waals surface area contributed by atoms with Crippen molar-refractivity contribution in [1.29, 1.82) is 0 Å². The number of halogens is 2. The van der Waals surface area contributed by atoms with Crippen LogP contribution in [0.1, 0.15) is 10.4 Å². The van der Waals surface area contributed by atoms with Crippen LogP contribution in [0.2, 0.25) is 0 Å². The molecule has 1 aliphatic rings. The molecule has 1 aliphatic heterocycles. The quantitative estimate of drug-likeness (QED) is 0.310. The molecule has 3 rings (SSSR count). The van der Waals surface area contributed by atoms with E-state index in [1.54, 1.807) is 0 Å². The molecule has 1 fully saturated rings. The second kappa shape index (κ2) is 8.19. The van der Waals surface area contributed by atoms with Crippen molar-refractivity contribution in [1.82, 2.24) is 4.31 Å². The highest BCUT2D eigenvalue weighted by Crippen LogP contribution is 2.29. The molecule has 1 heterocycles. The first-order valence-electron chi connectivity index (χ1n) is 8.23. The molecule has 0 N–H and O–H groups in total. The molecular formula is C17H14F2N2O7S. The lowest BCUT2D eigenvalue weighted by atomic mass is 10.2. The summed E-state index contributed by atoms with van der Waals surface area (Å²) in [6.45, 7) is 0.329. The zero-order chi connectivity index (χ0) is 21.2. The van der Waals surface area contributed by atoms with E-state index < -0.39 is 48.9 Å². The minimum Gasteiger partial charge on any atom is -0.415 e. The number of ether oxygens (including phenoxy) is 2. The maximum absolute atomic E-state index is 14.2. The summed E-state index contributed by atoms with van der Waals surface area (Å²) in [6, 6.07) is 4.78. The lowest BCUT2D eigenvalue weighted by Crippen LogP contribution is -2.41. The Morgan fingerprint density at radius 3 is 2.48 bits per heavy atom. The van der Waals surface area contributed by atoms with Gasteiger partial charge in [-0.2, -0.15) is 4.31 Å². The van der Waals surface area contributed by atoms with Crippen LogP contribution in [0.25, 0.3) is 0 Å². The maximum atomic E-state index is 14.2. The first kappa shape index (κ1) is 20.8. The standard InChI is InChI=1S/C17H14F2N2O7S/c18-12-2-4-14(21(23)24)15(10-12)28-17(22)11-1-3-13(19)16(9-11)29(25,26)20-5-7-27-8-6-20/h1-4,9-10H,5-8H2. The first-order chi connectivity index (χ1) is 13.7. The van der Waals surface area contributed by atoms with Crippen molar-refractivity contribution < 1.29 is 36.4 Å². The molecule has 2 aromatic carbocycles. The Morgan fingerprint density at radius 1 is 1.14 bits per heavy atom. The van der Waals surface area contributed by atoms with Gasteiger partial charge in [0.05, 0.1) is 23.7 Å². The van der Waals surface area contributed by atoms with Gasteiger partial charge in [-0.25, -0.2) is 22.0 Å². The van der Waals surface area contributed by atoms with Crippen molar-refractivity contribution in [2.75, 3.05) is 26.3 Å². The summed E-state index contributed by atoms with van der Waals surface area (Å²) in [5.41, 5.74) is -1.04. The molecule has 9 nitrogen and oxygen atoms in total. The number of esters is 1. The highest BCUT2D eigenvalue weighted by molar-refractivity contribution is 7.89. The number of carbonyl (C=O) groups excluding carboxylic acids is 1. The lowest BCUT2D eigenvalue weighted by molar-refractivity contribution is -0.385. The number of hydrogen-bond acceptors (Lipinski definition) is 7. The number of nitro benzene ring substituents is 1. The smallest absolute Gasteiger partial charge is 0.343 e. The Balaban J connectivity index is 1.93. The van der Waals surface area contributed by atoms with Gasteiger partial charge in [-0.05, 0) is 24.3 Å². The number of nitro groups is 1. The summed E-state index contributed by atoms with van der Waals surface area (Å²) in [7, 11) is -4.25. The third-order valence-electron chi connectivity index (χ3n) is 4.08. The molecule has 0 atom stereocenters. The number of sulfonamides is 1. The van der Waals surface area contributed by atoms with E-state index in [2.05, 4.69) is 0 Å². The van der Waals surface area contributed by atoms with Gasteiger partial charge < -0.3 is 9.47 Å². The monoisotopic (exact) mass is 428 g/mol. The van der Waals surface area contributed by atoms with Crippen molar-refractivity contribution in [3.05, 3.63) is 63.7 Å². The van der Waals surface area contributed by atoms with Crippen LogP contribution >= 0.6 is 0 Å². The van der Waals surface area contributed by atoms with Crippen molar-refractivity contribution in [3.8, 4) is 5.75 Å². The van der Waals surface area contributed by atoms with Crippen LogP contribution in [0, 0.1) is 21.7 Å². The maximum Gasteiger partial charge on any atom is 0.343 e. The minimum atomic E-state index is -4.25. The first-order valence-corrected chi connectivity index (χ1v) is 9.68. The van der Waals surface area contributed by atoms with Gasteiger partial charge in [-0.3, -0.25) is 10.1 Å². The SMILES string of the molecule is O=C(Oc1cc(F)ccc1[N+](=O)[O-])c1ccc(F)c(S(=O)(=O)N2CCOCC2)c1. The fraction of sp³-hybridized carbons (Fsp3) is 0.235. The van der Waals surface area contributed by atoms with E-state index in [9.17, 15) is 32.1 Å². The van der Waals surface area contributed by atoms with E-state index in [4.69, 9.17) is 9.47 Å². The summed E-state index contributed by atoms with van der Waals surface area (Å²) in [4.78, 5) is 21.7. The van der Waals surface area contributed by atoms with Crippen molar-refractivity contribution in [2.45, 2.75) is 4.90 Å². The molecule has 0 aromatic heterocycles. The highest BCUT2D eigenvalue weighted by atomic mass is 32.2. The van der Waals surface area contributed by atoms with Gasteiger partial charge in [-0.1, -0.05) is 0 Å². The van der Waals surface area contributed by atoms with E-state index in [0.29, 0.717) is 6.07 Å². The summed E-state index contributed by atoms with van der Waals surface area (Å²) >= 11 is 0. The Morgan fingerprint density at radius 2 is 1.83 bits per heavy atom. The molecule has 0 amide bonds. The van der Waals surface area contributed by atoms with Crippen LogP contribution in [-0.2, 0) is 14.8 Å². The van der Waals surface area contributed by atoms with E-state index in [1.807, 2.05) is 0 Å². The summed E-state index contributed by atoms with van der Waals surface area (Å²) in [5, 5.41) is 11.0. The fourth-order valence-corrected chi connectivity index (χ4v) is 4.13. The van der Waals surface area contributed by atoms with Crippen molar-refractivity contribution in [3.63, 3.8) is 0 Å². The van der Waals surface area contributed by atoms with Crippen LogP contribution in [-0.4, -0.2) is 49.9 Å². The van der Waals surface area contributed by atoms with Crippen LogP contribution < -0.4 is 4.74 Å². The molecule has 2 aromatic rings. The molecule has 12 heteroatoms. The fourth-order valence-electron chi connectivity index (χ4n) is 2.63. The normalized spacial score (nSPS) is 15.1. The van der Waals surface area contributed by atoms with E-state index >= 15 is 0 Å². The van der Waals surface area contributed by atoms with Crippen molar-refractivity contribution in [2.24, 2.45) is 0 Å². The topological polar surface area (TPSA) is 116 Å². The summed E-state index contributed by atoms with van der Waals surface area (Å²) < 4.78 is 63.9. The molecule has 1 saturated heterocycles. The van der Waals surface area contributed by atoms with Gasteiger partial charge in [0.1, 0.15) is 16.5 Å².